The summed E-state index contributed by atoms with van der Waals surface area (Å²) in [7, 11) is 0. The zero-order chi connectivity index (χ0) is 13.0. The third-order valence-electron chi connectivity index (χ3n) is 2.85. The van der Waals surface area contributed by atoms with Gasteiger partial charge in [0, 0.05) is 12.1 Å². The van der Waals surface area contributed by atoms with Crippen LogP contribution in [0.3, 0.4) is 0 Å². The van der Waals surface area contributed by atoms with Crippen molar-refractivity contribution in [3.63, 3.8) is 0 Å². The van der Waals surface area contributed by atoms with Crippen LogP contribution in [0, 0.1) is 0 Å². The normalized spacial score (nSPS) is 12.3. The van der Waals surface area contributed by atoms with Gasteiger partial charge in [0.05, 0.1) is 12.3 Å². The Hall–Kier alpha value is -2.07. The van der Waals surface area contributed by atoms with Crippen molar-refractivity contribution in [3.05, 3.63) is 59.5 Å². The third kappa shape index (κ3) is 2.78. The number of rotatable bonds is 5. The van der Waals surface area contributed by atoms with Gasteiger partial charge >= 0.3 is 0 Å². The van der Waals surface area contributed by atoms with E-state index in [1.54, 1.807) is 18.4 Å². The van der Waals surface area contributed by atoms with Crippen LogP contribution in [0.5, 0.6) is 0 Å². The van der Waals surface area contributed by atoms with Crippen LogP contribution < -0.4 is 11.1 Å². The van der Waals surface area contributed by atoms with Crippen molar-refractivity contribution >= 4 is 5.91 Å². The van der Waals surface area contributed by atoms with E-state index in [-0.39, 0.29) is 6.04 Å². The fourth-order valence-electron chi connectivity index (χ4n) is 1.82. The van der Waals surface area contributed by atoms with E-state index in [0.29, 0.717) is 12.1 Å². The van der Waals surface area contributed by atoms with E-state index in [1.807, 2.05) is 31.2 Å². The highest BCUT2D eigenvalue weighted by molar-refractivity contribution is 5.94. The van der Waals surface area contributed by atoms with Gasteiger partial charge < -0.3 is 15.5 Å². The highest BCUT2D eigenvalue weighted by Gasteiger charge is 2.10. The highest BCUT2D eigenvalue weighted by atomic mass is 16.3. The Labute approximate surface area is 106 Å². The lowest BCUT2D eigenvalue weighted by molar-refractivity contribution is 0.0999. The number of amides is 1. The van der Waals surface area contributed by atoms with E-state index in [2.05, 4.69) is 5.32 Å². The van der Waals surface area contributed by atoms with Gasteiger partial charge in [-0.1, -0.05) is 18.2 Å². The average Bonchev–Trinajstić information content (AvgIpc) is 2.90. The molecule has 2 rings (SSSR count). The molecule has 0 bridgehead atoms. The number of hydrogen-bond acceptors (Lipinski definition) is 3. The molecule has 3 N–H and O–H groups in total. The van der Waals surface area contributed by atoms with Crippen molar-refractivity contribution in [2.24, 2.45) is 5.73 Å². The molecule has 1 aromatic heterocycles. The highest BCUT2D eigenvalue weighted by Crippen LogP contribution is 2.14. The third-order valence-corrected chi connectivity index (χ3v) is 2.85. The molecule has 4 heteroatoms. The van der Waals surface area contributed by atoms with Gasteiger partial charge in [-0.25, -0.2) is 0 Å². The summed E-state index contributed by atoms with van der Waals surface area (Å²) in [6.07, 6.45) is 1.64. The van der Waals surface area contributed by atoms with Crippen molar-refractivity contribution in [1.82, 2.24) is 5.32 Å². The minimum Gasteiger partial charge on any atom is -0.468 e. The predicted octanol–water partition coefficient (Wildman–Crippen LogP) is 2.23. The van der Waals surface area contributed by atoms with Gasteiger partial charge in [0.2, 0.25) is 5.91 Å². The maximum atomic E-state index is 11.3. The summed E-state index contributed by atoms with van der Waals surface area (Å²) in [4.78, 5) is 11.3. The van der Waals surface area contributed by atoms with Crippen LogP contribution in [0.25, 0.3) is 0 Å². The first-order valence-electron chi connectivity index (χ1n) is 5.83. The molecule has 0 saturated carbocycles. The summed E-state index contributed by atoms with van der Waals surface area (Å²) in [5, 5.41) is 3.30. The number of furan rings is 1. The molecule has 18 heavy (non-hydrogen) atoms. The van der Waals surface area contributed by atoms with Gasteiger partial charge in [-0.05, 0) is 30.7 Å². The monoisotopic (exact) mass is 244 g/mol. The van der Waals surface area contributed by atoms with Gasteiger partial charge in [-0.3, -0.25) is 4.79 Å². The van der Waals surface area contributed by atoms with Crippen LogP contribution in [0.15, 0.2) is 47.1 Å². The van der Waals surface area contributed by atoms with E-state index < -0.39 is 5.91 Å². The van der Waals surface area contributed by atoms with Crippen molar-refractivity contribution in [2.45, 2.75) is 19.5 Å². The molecule has 0 aliphatic carbocycles. The predicted molar refractivity (Wildman–Crippen MR) is 68.9 cm³/mol. The SMILES string of the molecule is CC(NCc1ccccc1C(N)=O)c1ccco1. The number of hydrogen-bond donors (Lipinski definition) is 2. The quantitative estimate of drug-likeness (QED) is 0.847. The molecule has 0 saturated heterocycles. The number of nitrogens with one attached hydrogen (secondary N) is 1. The molecule has 94 valence electrons. The van der Waals surface area contributed by atoms with E-state index >= 15 is 0 Å². The first-order valence-corrected chi connectivity index (χ1v) is 5.83. The van der Waals surface area contributed by atoms with Gasteiger partial charge in [-0.2, -0.15) is 0 Å². The summed E-state index contributed by atoms with van der Waals surface area (Å²) < 4.78 is 5.31. The maximum absolute atomic E-state index is 11.3. The zero-order valence-corrected chi connectivity index (χ0v) is 10.2. The summed E-state index contributed by atoms with van der Waals surface area (Å²) in [5.74, 6) is 0.463. The fraction of sp³-hybridized carbons (Fsp3) is 0.214. The van der Waals surface area contributed by atoms with Gasteiger partial charge in [-0.15, -0.1) is 0 Å². The average molecular weight is 244 g/mol. The molecule has 4 nitrogen and oxygen atoms in total. The number of carbonyl (C=O) groups is 1. The van der Waals surface area contributed by atoms with Crippen molar-refractivity contribution < 1.29 is 9.21 Å². The van der Waals surface area contributed by atoms with E-state index in [4.69, 9.17) is 10.2 Å². The van der Waals surface area contributed by atoms with Crippen LogP contribution in [-0.2, 0) is 6.54 Å². The molecule has 0 aliphatic heterocycles. The second-order valence-electron chi connectivity index (χ2n) is 4.14. The number of nitrogens with two attached hydrogens (primary N) is 1. The molecule has 1 aromatic carbocycles. The van der Waals surface area contributed by atoms with E-state index in [1.165, 1.54) is 0 Å². The summed E-state index contributed by atoms with van der Waals surface area (Å²) in [6, 6.07) is 11.2. The molecular formula is C14H16N2O2. The van der Waals surface area contributed by atoms with Crippen LogP contribution in [0.2, 0.25) is 0 Å². The van der Waals surface area contributed by atoms with Crippen LogP contribution in [0.1, 0.15) is 34.6 Å². The zero-order valence-electron chi connectivity index (χ0n) is 10.2. The standard InChI is InChI=1S/C14H16N2O2/c1-10(13-7-4-8-18-13)16-9-11-5-2-3-6-12(11)14(15)17/h2-8,10,16H,9H2,1H3,(H2,15,17). The summed E-state index contributed by atoms with van der Waals surface area (Å²) in [5.41, 5.74) is 6.77. The second-order valence-corrected chi connectivity index (χ2v) is 4.14. The molecule has 0 radical (unpaired) electrons. The lowest BCUT2D eigenvalue weighted by Crippen LogP contribution is -2.21. The van der Waals surface area contributed by atoms with E-state index in [9.17, 15) is 4.79 Å². The Morgan fingerprint density at radius 2 is 2.11 bits per heavy atom. The Bertz CT molecular complexity index is 520. The first-order chi connectivity index (χ1) is 8.68. The molecule has 1 unspecified atom stereocenters. The topological polar surface area (TPSA) is 68.3 Å². The van der Waals surface area contributed by atoms with Gasteiger partial charge in [0.15, 0.2) is 0 Å². The van der Waals surface area contributed by atoms with Crippen LogP contribution in [0.4, 0.5) is 0 Å². The maximum Gasteiger partial charge on any atom is 0.249 e. The summed E-state index contributed by atoms with van der Waals surface area (Å²) >= 11 is 0. The molecule has 0 fully saturated rings. The Morgan fingerprint density at radius 3 is 2.78 bits per heavy atom. The van der Waals surface area contributed by atoms with Crippen LogP contribution in [-0.4, -0.2) is 5.91 Å². The van der Waals surface area contributed by atoms with Crippen molar-refractivity contribution in [3.8, 4) is 0 Å². The Kier molecular flexibility index (Phi) is 3.79. The number of benzene rings is 1. The minimum atomic E-state index is -0.405. The minimum absolute atomic E-state index is 0.0842. The van der Waals surface area contributed by atoms with Crippen LogP contribution >= 0.6 is 0 Å². The molecule has 1 amide bonds. The van der Waals surface area contributed by atoms with Gasteiger partial charge in [0.1, 0.15) is 5.76 Å². The van der Waals surface area contributed by atoms with Crippen molar-refractivity contribution in [1.29, 1.82) is 0 Å². The van der Waals surface area contributed by atoms with Crippen molar-refractivity contribution in [2.75, 3.05) is 0 Å². The second kappa shape index (κ2) is 5.51. The molecular weight excluding hydrogens is 228 g/mol. The number of primary amides is 1. The molecule has 1 atom stereocenters. The lowest BCUT2D eigenvalue weighted by Gasteiger charge is -2.12. The Balaban J connectivity index is 2.04. The fourth-order valence-corrected chi connectivity index (χ4v) is 1.82. The smallest absolute Gasteiger partial charge is 0.249 e. The first kappa shape index (κ1) is 12.4. The summed E-state index contributed by atoms with van der Waals surface area (Å²) in [6.45, 7) is 2.58. The van der Waals surface area contributed by atoms with Gasteiger partial charge in [0.25, 0.3) is 0 Å². The molecule has 0 aliphatic rings. The van der Waals surface area contributed by atoms with E-state index in [0.717, 1.165) is 11.3 Å². The largest absolute Gasteiger partial charge is 0.468 e. The molecule has 1 heterocycles. The number of carbonyl (C=O) groups excluding carboxylic acids is 1. The molecule has 2 aromatic rings. The lowest BCUT2D eigenvalue weighted by atomic mass is 10.1. The Morgan fingerprint density at radius 1 is 1.33 bits per heavy atom. The molecule has 0 spiro atoms.